The van der Waals surface area contributed by atoms with Gasteiger partial charge in [0.1, 0.15) is 0 Å². The number of thioether (sulfide) groups is 1. The fourth-order valence-corrected chi connectivity index (χ4v) is 6.48. The van der Waals surface area contributed by atoms with Gasteiger partial charge in [0, 0.05) is 4.90 Å². The van der Waals surface area contributed by atoms with E-state index in [2.05, 4.69) is 4.40 Å². The molecule has 3 aromatic rings. The van der Waals surface area contributed by atoms with Gasteiger partial charge in [-0.3, -0.25) is 0 Å². The summed E-state index contributed by atoms with van der Waals surface area (Å²) in [6.45, 7) is 3.89. The van der Waals surface area contributed by atoms with Gasteiger partial charge in [-0.2, -0.15) is 8.42 Å². The number of hydrogen-bond acceptors (Lipinski definition) is 4. The molecule has 0 radical (unpaired) electrons. The number of rotatable bonds is 5. The average Bonchev–Trinajstić information content (AvgIpc) is 2.99. The molecule has 0 aliphatic carbocycles. The van der Waals surface area contributed by atoms with Gasteiger partial charge in [0.05, 0.1) is 10.8 Å². The smallest absolute Gasteiger partial charge is 0.285 e. The fraction of sp³-hybridized carbons (Fsp3) is 0.208. The van der Waals surface area contributed by atoms with Gasteiger partial charge in [0.15, 0.2) is 5.44 Å². The van der Waals surface area contributed by atoms with Crippen LogP contribution in [0, 0.1) is 13.8 Å². The molecule has 1 saturated heterocycles. The summed E-state index contributed by atoms with van der Waals surface area (Å²) in [6, 6.07) is 23.8. The number of benzene rings is 3. The number of aryl methyl sites for hydroxylation is 2. The lowest BCUT2D eigenvalue weighted by atomic mass is 9.97. The van der Waals surface area contributed by atoms with Crippen LogP contribution < -0.4 is 0 Å². The first-order valence-corrected chi connectivity index (χ1v) is 13.0. The van der Waals surface area contributed by atoms with Crippen molar-refractivity contribution in [2.24, 2.45) is 4.40 Å². The summed E-state index contributed by atoms with van der Waals surface area (Å²) in [5.41, 5.74) is 2.34. The van der Waals surface area contributed by atoms with E-state index in [-0.39, 0.29) is 10.8 Å². The highest BCUT2D eigenvalue weighted by molar-refractivity contribution is 7.99. The second-order valence-electron chi connectivity index (χ2n) is 7.61. The molecule has 1 fully saturated rings. The highest BCUT2D eigenvalue weighted by atomic mass is 35.5. The number of sulfonamides is 1. The summed E-state index contributed by atoms with van der Waals surface area (Å²) >= 11 is 15.0. The van der Waals surface area contributed by atoms with Crippen LogP contribution in [0.4, 0.5) is 0 Å². The maximum atomic E-state index is 12.9. The molecule has 0 unspecified atom stereocenters. The zero-order valence-electron chi connectivity index (χ0n) is 17.4. The standard InChI is InChI=1S/C24H21Cl2NO3S2/c1-16-8-12-19(13-9-16)31-22-21(18-6-4-3-5-7-18)24(25,26)23(30-22)27-32(28,29)20-14-10-17(2)11-15-20/h3-15,21-22H,1-2H3/b27-23-/t21-,22-/m1/s1. The minimum Gasteiger partial charge on any atom is -0.463 e. The first-order valence-electron chi connectivity index (χ1n) is 9.92. The molecule has 4 rings (SSSR count). The lowest BCUT2D eigenvalue weighted by molar-refractivity contribution is 0.293. The maximum absolute atomic E-state index is 12.9. The Kier molecular flexibility index (Phi) is 6.59. The first kappa shape index (κ1) is 23.2. The maximum Gasteiger partial charge on any atom is 0.285 e. The molecule has 1 aliphatic heterocycles. The van der Waals surface area contributed by atoms with E-state index >= 15 is 0 Å². The largest absolute Gasteiger partial charge is 0.463 e. The van der Waals surface area contributed by atoms with Gasteiger partial charge in [-0.1, -0.05) is 101 Å². The SMILES string of the molecule is Cc1ccc(S[C@H]2O/C(=N\S(=O)(=O)c3ccc(C)cc3)C(Cl)(Cl)[C@@H]2c2ccccc2)cc1. The average molecular weight is 506 g/mol. The van der Waals surface area contributed by atoms with Crippen molar-refractivity contribution in [2.45, 2.75) is 39.3 Å². The van der Waals surface area contributed by atoms with E-state index < -0.39 is 25.7 Å². The summed E-state index contributed by atoms with van der Waals surface area (Å²) in [5, 5.41) is 0. The second kappa shape index (κ2) is 9.10. The highest BCUT2D eigenvalue weighted by Gasteiger charge is 2.55. The Morgan fingerprint density at radius 1 is 0.875 bits per heavy atom. The lowest BCUT2D eigenvalue weighted by Crippen LogP contribution is -2.28. The summed E-state index contributed by atoms with van der Waals surface area (Å²) in [7, 11) is -4.05. The monoisotopic (exact) mass is 505 g/mol. The van der Waals surface area contributed by atoms with Gasteiger partial charge in [0.2, 0.25) is 10.2 Å². The third kappa shape index (κ3) is 4.84. The van der Waals surface area contributed by atoms with Crippen LogP contribution in [0.5, 0.6) is 0 Å². The van der Waals surface area contributed by atoms with Gasteiger partial charge in [-0.25, -0.2) is 0 Å². The number of alkyl halides is 2. The summed E-state index contributed by atoms with van der Waals surface area (Å²) in [4.78, 5) is 1.00. The minimum absolute atomic E-state index is 0.0502. The molecule has 0 N–H and O–H groups in total. The highest BCUT2D eigenvalue weighted by Crippen LogP contribution is 2.53. The molecule has 1 aliphatic rings. The Morgan fingerprint density at radius 2 is 1.44 bits per heavy atom. The van der Waals surface area contributed by atoms with E-state index in [1.807, 2.05) is 68.4 Å². The van der Waals surface area contributed by atoms with Crippen molar-refractivity contribution in [2.75, 3.05) is 0 Å². The van der Waals surface area contributed by atoms with E-state index in [1.54, 1.807) is 12.1 Å². The normalized spacial score (nSPS) is 21.4. The van der Waals surface area contributed by atoms with E-state index in [0.29, 0.717) is 0 Å². The van der Waals surface area contributed by atoms with Crippen LogP contribution in [0.2, 0.25) is 0 Å². The van der Waals surface area contributed by atoms with Crippen LogP contribution in [0.15, 0.2) is 93.1 Å². The molecular weight excluding hydrogens is 485 g/mol. The predicted molar refractivity (Wildman–Crippen MR) is 131 cm³/mol. The molecule has 2 atom stereocenters. The number of nitrogens with zero attached hydrogens (tertiary/aromatic N) is 1. The summed E-state index contributed by atoms with van der Waals surface area (Å²) in [5.74, 6) is -0.759. The van der Waals surface area contributed by atoms with Crippen LogP contribution in [-0.4, -0.2) is 24.1 Å². The Labute approximate surface area is 202 Å². The molecule has 1 heterocycles. The fourth-order valence-electron chi connectivity index (χ4n) is 3.38. The predicted octanol–water partition coefficient (Wildman–Crippen LogP) is 6.50. The van der Waals surface area contributed by atoms with Crippen molar-refractivity contribution in [1.82, 2.24) is 0 Å². The Morgan fingerprint density at radius 3 is 2.03 bits per heavy atom. The molecule has 0 spiro atoms. The topological polar surface area (TPSA) is 55.7 Å². The van der Waals surface area contributed by atoms with Gasteiger partial charge < -0.3 is 4.74 Å². The second-order valence-corrected chi connectivity index (χ2v) is 11.8. The van der Waals surface area contributed by atoms with Crippen LogP contribution >= 0.6 is 35.0 Å². The molecule has 8 heteroatoms. The molecule has 32 heavy (non-hydrogen) atoms. The summed E-state index contributed by atoms with van der Waals surface area (Å²) in [6.07, 6.45) is 0. The van der Waals surface area contributed by atoms with Crippen molar-refractivity contribution in [1.29, 1.82) is 0 Å². The van der Waals surface area contributed by atoms with E-state index in [0.717, 1.165) is 21.6 Å². The molecule has 0 saturated carbocycles. The third-order valence-electron chi connectivity index (χ3n) is 5.13. The number of hydrogen-bond donors (Lipinski definition) is 0. The van der Waals surface area contributed by atoms with Crippen LogP contribution in [0.3, 0.4) is 0 Å². The van der Waals surface area contributed by atoms with Crippen molar-refractivity contribution in [3.8, 4) is 0 Å². The molecule has 0 bridgehead atoms. The molecular formula is C24H21Cl2NO3S2. The zero-order valence-corrected chi connectivity index (χ0v) is 20.5. The van der Waals surface area contributed by atoms with Crippen molar-refractivity contribution >= 4 is 50.9 Å². The molecule has 3 aromatic carbocycles. The van der Waals surface area contributed by atoms with Crippen molar-refractivity contribution < 1.29 is 13.2 Å². The summed E-state index contributed by atoms with van der Waals surface area (Å²) < 4.78 is 34.2. The zero-order chi connectivity index (χ0) is 22.9. The van der Waals surface area contributed by atoms with Crippen molar-refractivity contribution in [3.05, 3.63) is 95.6 Å². The molecule has 166 valence electrons. The van der Waals surface area contributed by atoms with Gasteiger partial charge in [-0.05, 0) is 43.7 Å². The van der Waals surface area contributed by atoms with Gasteiger partial charge >= 0.3 is 0 Å². The quantitative estimate of drug-likeness (QED) is 0.371. The number of halogens is 2. The number of ether oxygens (including phenoxy) is 1. The van der Waals surface area contributed by atoms with Gasteiger partial charge in [-0.15, -0.1) is 4.40 Å². The van der Waals surface area contributed by atoms with Crippen LogP contribution in [-0.2, 0) is 14.8 Å². The molecule has 0 amide bonds. The minimum atomic E-state index is -4.05. The Balaban J connectivity index is 1.74. The van der Waals surface area contributed by atoms with E-state index in [4.69, 9.17) is 27.9 Å². The third-order valence-corrected chi connectivity index (χ3v) is 8.34. The van der Waals surface area contributed by atoms with E-state index in [1.165, 1.54) is 23.9 Å². The van der Waals surface area contributed by atoms with Crippen LogP contribution in [0.1, 0.15) is 22.6 Å². The molecule has 4 nitrogen and oxygen atoms in total. The molecule has 0 aromatic heterocycles. The Bertz CT molecular complexity index is 1230. The lowest BCUT2D eigenvalue weighted by Gasteiger charge is -2.23. The Hall–Kier alpha value is -1.99. The van der Waals surface area contributed by atoms with Crippen LogP contribution in [0.25, 0.3) is 0 Å². The van der Waals surface area contributed by atoms with E-state index in [9.17, 15) is 8.42 Å². The van der Waals surface area contributed by atoms with Gasteiger partial charge in [0.25, 0.3) is 10.0 Å². The first-order chi connectivity index (χ1) is 15.2. The van der Waals surface area contributed by atoms with Crippen molar-refractivity contribution in [3.63, 3.8) is 0 Å².